The third kappa shape index (κ3) is 4.44. The highest BCUT2D eigenvalue weighted by atomic mass is 35.5. The molecular formula is C15H22ClFN2. The molecule has 1 saturated heterocycles. The van der Waals surface area contributed by atoms with Crippen molar-refractivity contribution < 1.29 is 4.39 Å². The lowest BCUT2D eigenvalue weighted by atomic mass is 10.1. The van der Waals surface area contributed by atoms with Crippen LogP contribution in [0.1, 0.15) is 31.7 Å². The molecule has 0 aliphatic carbocycles. The molecule has 2 rings (SSSR count). The Bertz CT molecular complexity index is 405. The van der Waals surface area contributed by atoms with Gasteiger partial charge in [-0.2, -0.15) is 0 Å². The van der Waals surface area contributed by atoms with Gasteiger partial charge in [-0.1, -0.05) is 18.0 Å². The van der Waals surface area contributed by atoms with Gasteiger partial charge in [0.1, 0.15) is 5.82 Å². The van der Waals surface area contributed by atoms with Gasteiger partial charge in [0.15, 0.2) is 0 Å². The van der Waals surface area contributed by atoms with Crippen molar-refractivity contribution in [3.63, 3.8) is 0 Å². The Morgan fingerprint density at radius 3 is 2.79 bits per heavy atom. The first-order chi connectivity index (χ1) is 9.16. The van der Waals surface area contributed by atoms with Gasteiger partial charge < -0.3 is 5.32 Å². The van der Waals surface area contributed by atoms with Crippen molar-refractivity contribution in [3.05, 3.63) is 34.6 Å². The van der Waals surface area contributed by atoms with Gasteiger partial charge >= 0.3 is 0 Å². The van der Waals surface area contributed by atoms with Crippen LogP contribution in [0.4, 0.5) is 4.39 Å². The average Bonchev–Trinajstić information content (AvgIpc) is 2.43. The maximum atomic E-state index is 13.1. The quantitative estimate of drug-likeness (QED) is 0.891. The van der Waals surface area contributed by atoms with E-state index in [0.29, 0.717) is 17.6 Å². The van der Waals surface area contributed by atoms with Crippen molar-refractivity contribution >= 4 is 11.6 Å². The Labute approximate surface area is 119 Å². The maximum Gasteiger partial charge on any atom is 0.123 e. The summed E-state index contributed by atoms with van der Waals surface area (Å²) in [5, 5.41) is 4.00. The van der Waals surface area contributed by atoms with E-state index >= 15 is 0 Å². The van der Waals surface area contributed by atoms with Gasteiger partial charge in [0.05, 0.1) is 0 Å². The minimum absolute atomic E-state index is 0.231. The van der Waals surface area contributed by atoms with Gasteiger partial charge in [0, 0.05) is 24.2 Å². The average molecular weight is 285 g/mol. The smallest absolute Gasteiger partial charge is 0.123 e. The first kappa shape index (κ1) is 14.8. The highest BCUT2D eigenvalue weighted by Crippen LogP contribution is 2.17. The minimum atomic E-state index is -0.231. The summed E-state index contributed by atoms with van der Waals surface area (Å²) in [6.45, 7) is 6.17. The van der Waals surface area contributed by atoms with Crippen molar-refractivity contribution in [1.82, 2.24) is 10.2 Å². The summed E-state index contributed by atoms with van der Waals surface area (Å²) in [6.07, 6.45) is 3.97. The molecule has 2 nitrogen and oxygen atoms in total. The Morgan fingerprint density at radius 2 is 2.05 bits per heavy atom. The molecule has 19 heavy (non-hydrogen) atoms. The summed E-state index contributed by atoms with van der Waals surface area (Å²) in [5.74, 6) is -0.231. The van der Waals surface area contributed by atoms with E-state index in [0.717, 1.165) is 12.1 Å². The number of rotatable bonds is 5. The monoisotopic (exact) mass is 284 g/mol. The summed E-state index contributed by atoms with van der Waals surface area (Å²) in [4.78, 5) is 2.52. The maximum absolute atomic E-state index is 13.1. The van der Waals surface area contributed by atoms with Crippen LogP contribution in [-0.4, -0.2) is 30.6 Å². The highest BCUT2D eigenvalue weighted by molar-refractivity contribution is 6.31. The number of halogens is 2. The molecule has 0 bridgehead atoms. The second kappa shape index (κ2) is 7.22. The van der Waals surface area contributed by atoms with Gasteiger partial charge in [-0.05, 0) is 56.6 Å². The molecule has 1 atom stereocenters. The zero-order valence-electron chi connectivity index (χ0n) is 11.5. The van der Waals surface area contributed by atoms with E-state index in [1.165, 1.54) is 44.5 Å². The van der Waals surface area contributed by atoms with Crippen LogP contribution in [0.3, 0.4) is 0 Å². The van der Waals surface area contributed by atoms with Crippen LogP contribution in [0.2, 0.25) is 5.02 Å². The fourth-order valence-corrected chi connectivity index (χ4v) is 2.77. The molecule has 0 saturated carbocycles. The number of piperidine rings is 1. The van der Waals surface area contributed by atoms with E-state index in [9.17, 15) is 4.39 Å². The van der Waals surface area contributed by atoms with Crippen LogP contribution >= 0.6 is 11.6 Å². The molecule has 1 fully saturated rings. The predicted molar refractivity (Wildman–Crippen MR) is 78.0 cm³/mol. The first-order valence-corrected chi connectivity index (χ1v) is 7.43. The molecule has 1 aliphatic heterocycles. The molecule has 0 amide bonds. The molecule has 0 radical (unpaired) electrons. The van der Waals surface area contributed by atoms with Crippen molar-refractivity contribution in [2.45, 2.75) is 38.8 Å². The summed E-state index contributed by atoms with van der Waals surface area (Å²) in [7, 11) is 0. The van der Waals surface area contributed by atoms with Crippen molar-refractivity contribution in [3.8, 4) is 0 Å². The molecule has 1 aromatic rings. The Hall–Kier alpha value is -0.640. The van der Waals surface area contributed by atoms with Crippen molar-refractivity contribution in [1.29, 1.82) is 0 Å². The molecule has 1 heterocycles. The predicted octanol–water partition coefficient (Wildman–Crippen LogP) is 3.44. The lowest BCUT2D eigenvalue weighted by Gasteiger charge is -2.32. The molecule has 0 spiro atoms. The molecule has 106 valence electrons. The number of nitrogens with zero attached hydrogens (tertiary/aromatic N) is 1. The molecule has 1 aromatic carbocycles. The third-order valence-electron chi connectivity index (χ3n) is 3.78. The van der Waals surface area contributed by atoms with Crippen LogP contribution < -0.4 is 5.32 Å². The topological polar surface area (TPSA) is 15.3 Å². The van der Waals surface area contributed by atoms with E-state index in [4.69, 9.17) is 11.6 Å². The first-order valence-electron chi connectivity index (χ1n) is 7.05. The minimum Gasteiger partial charge on any atom is -0.311 e. The van der Waals surface area contributed by atoms with Gasteiger partial charge in [0.25, 0.3) is 0 Å². The molecule has 4 heteroatoms. The van der Waals surface area contributed by atoms with Crippen molar-refractivity contribution in [2.75, 3.05) is 19.6 Å². The van der Waals surface area contributed by atoms with Crippen LogP contribution in [0.15, 0.2) is 18.2 Å². The molecule has 1 N–H and O–H groups in total. The van der Waals surface area contributed by atoms with Crippen LogP contribution in [0, 0.1) is 5.82 Å². The lowest BCUT2D eigenvalue weighted by Crippen LogP contribution is -2.42. The molecular weight excluding hydrogens is 263 g/mol. The van der Waals surface area contributed by atoms with Crippen molar-refractivity contribution in [2.24, 2.45) is 0 Å². The number of hydrogen-bond acceptors (Lipinski definition) is 2. The SMILES string of the molecule is CC(CNCc1cc(F)ccc1Cl)N1CCCCC1. The number of likely N-dealkylation sites (tertiary alicyclic amines) is 1. The summed E-state index contributed by atoms with van der Waals surface area (Å²) < 4.78 is 13.1. The van der Waals surface area contributed by atoms with Crippen LogP contribution in [0.25, 0.3) is 0 Å². The Kier molecular flexibility index (Phi) is 5.61. The molecule has 0 aromatic heterocycles. The van der Waals surface area contributed by atoms with E-state index in [1.807, 2.05) is 0 Å². The van der Waals surface area contributed by atoms with Gasteiger partial charge in [0.2, 0.25) is 0 Å². The van der Waals surface area contributed by atoms with E-state index in [1.54, 1.807) is 6.07 Å². The number of benzene rings is 1. The van der Waals surface area contributed by atoms with E-state index in [-0.39, 0.29) is 5.82 Å². The zero-order chi connectivity index (χ0) is 13.7. The Morgan fingerprint density at radius 1 is 1.32 bits per heavy atom. The Balaban J connectivity index is 1.77. The normalized spacial score (nSPS) is 18.5. The lowest BCUT2D eigenvalue weighted by molar-refractivity contribution is 0.170. The van der Waals surface area contributed by atoms with Gasteiger partial charge in [-0.15, -0.1) is 0 Å². The molecule has 1 aliphatic rings. The zero-order valence-corrected chi connectivity index (χ0v) is 12.2. The van der Waals surface area contributed by atoms with Crippen LogP contribution in [-0.2, 0) is 6.54 Å². The highest BCUT2D eigenvalue weighted by Gasteiger charge is 2.16. The largest absolute Gasteiger partial charge is 0.311 e. The second-order valence-electron chi connectivity index (χ2n) is 5.31. The summed E-state index contributed by atoms with van der Waals surface area (Å²) >= 11 is 6.04. The van der Waals surface area contributed by atoms with Crippen LogP contribution in [0.5, 0.6) is 0 Å². The third-order valence-corrected chi connectivity index (χ3v) is 4.15. The van der Waals surface area contributed by atoms with E-state index in [2.05, 4.69) is 17.1 Å². The fraction of sp³-hybridized carbons (Fsp3) is 0.600. The van der Waals surface area contributed by atoms with E-state index < -0.39 is 0 Å². The molecule has 1 unspecified atom stereocenters. The fourth-order valence-electron chi connectivity index (χ4n) is 2.58. The summed E-state index contributed by atoms with van der Waals surface area (Å²) in [6, 6.07) is 5.03. The number of nitrogens with one attached hydrogen (secondary N) is 1. The second-order valence-corrected chi connectivity index (χ2v) is 5.72. The standard InChI is InChI=1S/C15H22ClFN2/c1-12(19-7-3-2-4-8-19)10-18-11-13-9-14(17)5-6-15(13)16/h5-6,9,12,18H,2-4,7-8,10-11H2,1H3. The van der Waals surface area contributed by atoms with Gasteiger partial charge in [-0.3, -0.25) is 4.90 Å². The summed E-state index contributed by atoms with van der Waals surface area (Å²) in [5.41, 5.74) is 0.826. The number of hydrogen-bond donors (Lipinski definition) is 1. The van der Waals surface area contributed by atoms with Gasteiger partial charge in [-0.25, -0.2) is 4.39 Å².